The maximum absolute atomic E-state index is 11.1. The summed E-state index contributed by atoms with van der Waals surface area (Å²) in [5, 5.41) is 11.2. The summed E-state index contributed by atoms with van der Waals surface area (Å²) in [4.78, 5) is 12.4. The van der Waals surface area contributed by atoms with Crippen LogP contribution in [0.3, 0.4) is 0 Å². The van der Waals surface area contributed by atoms with E-state index in [-0.39, 0.29) is 23.8 Å². The smallest absolute Gasteiger partial charge is 0.223 e. The maximum atomic E-state index is 11.1. The molecule has 5 atom stereocenters. The Labute approximate surface area is 165 Å². The Hall–Kier alpha value is -2.30. The molecule has 2 aliphatic rings. The van der Waals surface area contributed by atoms with Gasteiger partial charge in [0.2, 0.25) is 5.95 Å². The Kier molecular flexibility index (Phi) is 4.41. The van der Waals surface area contributed by atoms with Crippen LogP contribution in [0.15, 0.2) is 36.7 Å². The number of rotatable bonds is 2. The summed E-state index contributed by atoms with van der Waals surface area (Å²) in [6.45, 7) is 0.581. The fraction of sp³-hybridized carbons (Fsp3) is 0.389. The molecule has 5 rings (SSSR count). The van der Waals surface area contributed by atoms with Crippen molar-refractivity contribution in [3.8, 4) is 0 Å². The van der Waals surface area contributed by atoms with Crippen molar-refractivity contribution in [2.45, 2.75) is 30.6 Å². The molecule has 2 fully saturated rings. The molecule has 2 saturated heterocycles. The van der Waals surface area contributed by atoms with Gasteiger partial charge in [-0.25, -0.2) is 4.98 Å². The van der Waals surface area contributed by atoms with Crippen molar-refractivity contribution < 1.29 is 19.3 Å². The molecule has 9 nitrogen and oxygen atoms in total. The zero-order valence-corrected chi connectivity index (χ0v) is 15.4. The monoisotopic (exact) mass is 403 g/mol. The molecule has 1 aromatic carbocycles. The van der Waals surface area contributed by atoms with Crippen LogP contribution in [0, 0.1) is 0 Å². The SMILES string of the molecule is Nc1nc(Cl)c2ncn(C3COC4CO[C@@H](c5ccccc5)OC4C3O)c2n1. The summed E-state index contributed by atoms with van der Waals surface area (Å²) in [6, 6.07) is 9.12. The Morgan fingerprint density at radius 1 is 1.14 bits per heavy atom. The number of fused-ring (bicyclic) bond motifs is 2. The maximum Gasteiger partial charge on any atom is 0.223 e. The summed E-state index contributed by atoms with van der Waals surface area (Å²) in [7, 11) is 0. The second-order valence-electron chi connectivity index (χ2n) is 6.80. The van der Waals surface area contributed by atoms with Crippen LogP contribution in [0.4, 0.5) is 5.95 Å². The lowest BCUT2D eigenvalue weighted by molar-refractivity contribution is -0.306. The van der Waals surface area contributed by atoms with Gasteiger partial charge in [0.25, 0.3) is 0 Å². The topological polar surface area (TPSA) is 118 Å². The molecule has 0 spiro atoms. The average molecular weight is 404 g/mol. The van der Waals surface area contributed by atoms with Crippen molar-refractivity contribution in [1.29, 1.82) is 0 Å². The van der Waals surface area contributed by atoms with E-state index in [9.17, 15) is 5.11 Å². The number of aromatic nitrogens is 4. The molecule has 0 bridgehead atoms. The second kappa shape index (κ2) is 6.94. The molecule has 0 radical (unpaired) electrons. The minimum atomic E-state index is -0.860. The number of aliphatic hydroxyl groups is 1. The summed E-state index contributed by atoms with van der Waals surface area (Å²) < 4.78 is 19.5. The van der Waals surface area contributed by atoms with Crippen molar-refractivity contribution in [3.05, 3.63) is 47.4 Å². The first-order valence-corrected chi connectivity index (χ1v) is 9.27. The molecule has 3 aromatic rings. The van der Waals surface area contributed by atoms with Gasteiger partial charge < -0.3 is 29.6 Å². The van der Waals surface area contributed by atoms with E-state index < -0.39 is 24.5 Å². The van der Waals surface area contributed by atoms with Crippen molar-refractivity contribution in [1.82, 2.24) is 19.5 Å². The molecule has 4 heterocycles. The highest BCUT2D eigenvalue weighted by Gasteiger charge is 2.46. The molecule has 2 aromatic heterocycles. The van der Waals surface area contributed by atoms with E-state index in [1.165, 1.54) is 0 Å². The molecular formula is C18H18ClN5O4. The van der Waals surface area contributed by atoms with Crippen LogP contribution in [0.2, 0.25) is 5.15 Å². The average Bonchev–Trinajstić information content (AvgIpc) is 3.13. The van der Waals surface area contributed by atoms with E-state index in [1.807, 2.05) is 30.3 Å². The van der Waals surface area contributed by atoms with Crippen LogP contribution < -0.4 is 5.73 Å². The van der Waals surface area contributed by atoms with Gasteiger partial charge in [-0.2, -0.15) is 9.97 Å². The van der Waals surface area contributed by atoms with Crippen LogP contribution in [-0.2, 0) is 14.2 Å². The Bertz CT molecular complexity index is 1000. The van der Waals surface area contributed by atoms with Gasteiger partial charge in [-0.05, 0) is 0 Å². The summed E-state index contributed by atoms with van der Waals surface area (Å²) >= 11 is 6.11. The number of anilines is 1. The standard InChI is InChI=1S/C18H18ClN5O4/c19-15-12-16(23-18(20)22-15)24(8-21-12)10-6-26-11-7-27-17(28-14(11)13(10)25)9-4-2-1-3-5-9/h1-5,8,10-11,13-14,17,25H,6-7H2,(H2,20,22,23)/t10?,11?,13?,14?,17-/m1/s1. The van der Waals surface area contributed by atoms with Crippen LogP contribution in [0.5, 0.6) is 0 Å². The normalized spacial score (nSPS) is 30.3. The number of ether oxygens (including phenoxy) is 3. The number of nitrogen functional groups attached to an aromatic ring is 1. The number of benzene rings is 1. The highest BCUT2D eigenvalue weighted by molar-refractivity contribution is 6.33. The van der Waals surface area contributed by atoms with Gasteiger partial charge in [0.1, 0.15) is 23.8 Å². The number of aliphatic hydroxyl groups excluding tert-OH is 1. The summed E-state index contributed by atoms with van der Waals surface area (Å²) in [5.41, 5.74) is 7.46. The van der Waals surface area contributed by atoms with Crippen LogP contribution in [0.25, 0.3) is 11.2 Å². The van der Waals surface area contributed by atoms with Crippen molar-refractivity contribution in [3.63, 3.8) is 0 Å². The molecule has 10 heteroatoms. The number of hydrogen-bond acceptors (Lipinski definition) is 8. The molecule has 0 amide bonds. The minimum absolute atomic E-state index is 0.0369. The van der Waals surface area contributed by atoms with Gasteiger partial charge >= 0.3 is 0 Å². The predicted octanol–water partition coefficient (Wildman–Crippen LogP) is 1.48. The lowest BCUT2D eigenvalue weighted by Crippen LogP contribution is -2.56. The van der Waals surface area contributed by atoms with Gasteiger partial charge in [0.05, 0.1) is 25.6 Å². The third-order valence-electron chi connectivity index (χ3n) is 5.10. The molecule has 4 unspecified atom stereocenters. The molecular weight excluding hydrogens is 386 g/mol. The van der Waals surface area contributed by atoms with Gasteiger partial charge in [0.15, 0.2) is 17.1 Å². The van der Waals surface area contributed by atoms with Crippen LogP contribution in [0.1, 0.15) is 17.9 Å². The minimum Gasteiger partial charge on any atom is -0.388 e. The molecule has 28 heavy (non-hydrogen) atoms. The number of hydrogen-bond donors (Lipinski definition) is 2. The Morgan fingerprint density at radius 3 is 2.79 bits per heavy atom. The first-order valence-electron chi connectivity index (χ1n) is 8.89. The fourth-order valence-corrected chi connectivity index (χ4v) is 3.92. The van der Waals surface area contributed by atoms with E-state index >= 15 is 0 Å². The molecule has 2 aliphatic heterocycles. The van der Waals surface area contributed by atoms with Gasteiger partial charge in [-0.3, -0.25) is 0 Å². The van der Waals surface area contributed by atoms with Crippen LogP contribution >= 0.6 is 11.6 Å². The van der Waals surface area contributed by atoms with E-state index in [4.69, 9.17) is 31.5 Å². The van der Waals surface area contributed by atoms with E-state index in [0.29, 0.717) is 17.8 Å². The lowest BCUT2D eigenvalue weighted by Gasteiger charge is -2.45. The quantitative estimate of drug-likeness (QED) is 0.618. The number of halogens is 1. The molecule has 0 aliphatic carbocycles. The highest BCUT2D eigenvalue weighted by Crippen LogP contribution is 2.36. The third kappa shape index (κ3) is 2.92. The third-order valence-corrected chi connectivity index (χ3v) is 5.36. The Balaban J connectivity index is 1.44. The molecule has 146 valence electrons. The van der Waals surface area contributed by atoms with Crippen molar-refractivity contribution in [2.75, 3.05) is 18.9 Å². The van der Waals surface area contributed by atoms with E-state index in [2.05, 4.69) is 15.0 Å². The summed E-state index contributed by atoms with van der Waals surface area (Å²) in [6.07, 6.45) is -0.794. The number of imidazole rings is 1. The van der Waals surface area contributed by atoms with E-state index in [0.717, 1.165) is 5.56 Å². The molecule has 0 saturated carbocycles. The van der Waals surface area contributed by atoms with Crippen molar-refractivity contribution >= 4 is 28.7 Å². The van der Waals surface area contributed by atoms with Crippen LogP contribution in [-0.4, -0.2) is 56.2 Å². The van der Waals surface area contributed by atoms with Crippen molar-refractivity contribution in [2.24, 2.45) is 0 Å². The lowest BCUT2D eigenvalue weighted by atomic mass is 9.97. The van der Waals surface area contributed by atoms with Gasteiger partial charge in [-0.1, -0.05) is 41.9 Å². The second-order valence-corrected chi connectivity index (χ2v) is 7.16. The van der Waals surface area contributed by atoms with Gasteiger partial charge in [-0.15, -0.1) is 0 Å². The zero-order chi connectivity index (χ0) is 19.3. The zero-order valence-electron chi connectivity index (χ0n) is 14.7. The Morgan fingerprint density at radius 2 is 1.96 bits per heavy atom. The largest absolute Gasteiger partial charge is 0.388 e. The molecule has 3 N–H and O–H groups in total. The predicted molar refractivity (Wildman–Crippen MR) is 99.5 cm³/mol. The highest BCUT2D eigenvalue weighted by atomic mass is 35.5. The summed E-state index contributed by atoms with van der Waals surface area (Å²) in [5.74, 6) is 0.0369. The number of nitrogens with zero attached hydrogens (tertiary/aromatic N) is 4. The van der Waals surface area contributed by atoms with Gasteiger partial charge in [0, 0.05) is 5.56 Å². The number of nitrogens with two attached hydrogens (primary N) is 1. The van der Waals surface area contributed by atoms with E-state index in [1.54, 1.807) is 10.9 Å². The first kappa shape index (κ1) is 17.8. The first-order chi connectivity index (χ1) is 13.6. The fourth-order valence-electron chi connectivity index (χ4n) is 3.70.